The molecular weight excluding hydrogens is 597 g/mol. The van der Waals surface area contributed by atoms with Gasteiger partial charge in [0.25, 0.3) is 0 Å². The fourth-order valence-electron chi connectivity index (χ4n) is 7.28. The van der Waals surface area contributed by atoms with Crippen molar-refractivity contribution < 1.29 is 31.4 Å². The van der Waals surface area contributed by atoms with E-state index in [0.717, 1.165) is 51.6 Å². The average Bonchev–Trinajstić information content (AvgIpc) is 3.41. The van der Waals surface area contributed by atoms with Crippen molar-refractivity contribution in [1.82, 2.24) is 25.2 Å². The monoisotopic (exact) mass is 635 g/mol. The molecule has 2 fully saturated rings. The number of aromatic nitrogens is 3. The molecular formula is C31H38F5N7O2. The Morgan fingerprint density at radius 2 is 1.87 bits per heavy atom. The molecule has 0 spiro atoms. The van der Waals surface area contributed by atoms with E-state index in [4.69, 9.17) is 15.2 Å². The average molecular weight is 636 g/mol. The van der Waals surface area contributed by atoms with Crippen molar-refractivity contribution in [1.29, 1.82) is 0 Å². The van der Waals surface area contributed by atoms with Crippen LogP contribution in [0.3, 0.4) is 0 Å². The molecule has 244 valence electrons. The molecule has 2 aromatic heterocycles. The molecule has 3 unspecified atom stereocenters. The number of hydrogen-bond acceptors (Lipinski definition) is 9. The molecule has 0 amide bonds. The number of piperidine rings is 1. The maximum Gasteiger partial charge on any atom is 0.417 e. The fourth-order valence-corrected chi connectivity index (χ4v) is 7.28. The van der Waals surface area contributed by atoms with Crippen LogP contribution in [0, 0.1) is 24.0 Å². The van der Waals surface area contributed by atoms with E-state index in [0.29, 0.717) is 38.7 Å². The lowest BCUT2D eigenvalue weighted by Gasteiger charge is -2.44. The Morgan fingerprint density at radius 1 is 1.09 bits per heavy atom. The number of ether oxygens (including phenoxy) is 2. The van der Waals surface area contributed by atoms with Gasteiger partial charge in [-0.3, -0.25) is 0 Å². The van der Waals surface area contributed by atoms with E-state index in [-0.39, 0.29) is 34.0 Å². The summed E-state index contributed by atoms with van der Waals surface area (Å²) in [6, 6.07) is 0.991. The molecule has 1 saturated carbocycles. The van der Waals surface area contributed by atoms with E-state index >= 15 is 4.39 Å². The minimum absolute atomic E-state index is 0.0759. The molecule has 1 saturated heterocycles. The number of nitrogens with zero attached hydrogens (tertiary/aromatic N) is 4. The summed E-state index contributed by atoms with van der Waals surface area (Å²) in [5.74, 6) is -2.35. The smallest absolute Gasteiger partial charge is 0.417 e. The second kappa shape index (κ2) is 12.0. The zero-order chi connectivity index (χ0) is 32.1. The van der Waals surface area contributed by atoms with Crippen LogP contribution in [0.5, 0.6) is 11.9 Å². The number of likely N-dealkylation sites (tertiary alicyclic amines) is 1. The summed E-state index contributed by atoms with van der Waals surface area (Å²) in [6.45, 7) is 5.63. The van der Waals surface area contributed by atoms with Gasteiger partial charge in [0, 0.05) is 30.1 Å². The van der Waals surface area contributed by atoms with E-state index in [1.165, 1.54) is 0 Å². The van der Waals surface area contributed by atoms with Crippen LogP contribution < -0.4 is 25.8 Å². The highest BCUT2D eigenvalue weighted by Gasteiger charge is 2.47. The minimum atomic E-state index is -5.04. The lowest BCUT2D eigenvalue weighted by molar-refractivity contribution is -0.137. The highest BCUT2D eigenvalue weighted by atomic mass is 19.4. The van der Waals surface area contributed by atoms with Gasteiger partial charge in [-0.25, -0.2) is 13.8 Å². The number of hydrogen-bond donors (Lipinski definition) is 3. The maximum atomic E-state index is 16.6. The van der Waals surface area contributed by atoms with Crippen LogP contribution in [0.15, 0.2) is 6.07 Å². The van der Waals surface area contributed by atoms with Crippen molar-refractivity contribution in [2.75, 3.05) is 50.9 Å². The van der Waals surface area contributed by atoms with Gasteiger partial charge in [-0.1, -0.05) is 6.42 Å². The van der Waals surface area contributed by atoms with Crippen molar-refractivity contribution in [3.05, 3.63) is 28.8 Å². The summed E-state index contributed by atoms with van der Waals surface area (Å²) in [5, 5.41) is 6.54. The molecule has 0 bridgehead atoms. The van der Waals surface area contributed by atoms with Gasteiger partial charge >= 0.3 is 12.2 Å². The lowest BCUT2D eigenvalue weighted by atomic mass is 9.76. The van der Waals surface area contributed by atoms with Crippen molar-refractivity contribution in [2.45, 2.75) is 70.7 Å². The Kier molecular flexibility index (Phi) is 8.40. The van der Waals surface area contributed by atoms with Gasteiger partial charge < -0.3 is 30.7 Å². The van der Waals surface area contributed by atoms with Gasteiger partial charge in [0.1, 0.15) is 28.2 Å². The molecule has 3 aliphatic rings. The first-order valence-electron chi connectivity index (χ1n) is 15.4. The number of halogens is 5. The Labute approximate surface area is 258 Å². The van der Waals surface area contributed by atoms with Crippen LogP contribution in [0.4, 0.5) is 33.5 Å². The molecule has 6 rings (SSSR count). The minimum Gasteiger partial charge on any atom is -0.474 e. The second-order valence-electron chi connectivity index (χ2n) is 12.5. The number of benzene rings is 1. The SMILES string of the molecule is Cc1c(F)c(N)cc(-c2nc3c4c(nc(OCC56CCCC5N(C)CCC6)nc4c2F)NCCNCCC(C)O3)c1C(F)(F)F. The molecule has 0 radical (unpaired) electrons. The fraction of sp³-hybridized carbons (Fsp3) is 0.581. The summed E-state index contributed by atoms with van der Waals surface area (Å²) in [6.07, 6.45) is 0.181. The molecule has 45 heavy (non-hydrogen) atoms. The quantitative estimate of drug-likeness (QED) is 0.246. The van der Waals surface area contributed by atoms with E-state index in [2.05, 4.69) is 37.5 Å². The molecule has 3 atom stereocenters. The van der Waals surface area contributed by atoms with E-state index in [1.807, 2.05) is 0 Å². The van der Waals surface area contributed by atoms with Gasteiger partial charge in [0.15, 0.2) is 5.82 Å². The van der Waals surface area contributed by atoms with Crippen molar-refractivity contribution >= 4 is 22.4 Å². The molecule has 4 N–H and O–H groups in total. The zero-order valence-corrected chi connectivity index (χ0v) is 25.6. The molecule has 9 nitrogen and oxygen atoms in total. The predicted molar refractivity (Wildman–Crippen MR) is 160 cm³/mol. The van der Waals surface area contributed by atoms with Gasteiger partial charge in [0.2, 0.25) is 5.88 Å². The van der Waals surface area contributed by atoms with Crippen molar-refractivity contribution in [3.8, 4) is 23.1 Å². The number of nitrogens with one attached hydrogen (secondary N) is 2. The van der Waals surface area contributed by atoms with Crippen LogP contribution >= 0.6 is 0 Å². The third kappa shape index (κ3) is 5.82. The highest BCUT2D eigenvalue weighted by molar-refractivity contribution is 5.96. The molecule has 3 aromatic rings. The third-order valence-electron chi connectivity index (χ3n) is 9.50. The molecule has 2 aliphatic heterocycles. The van der Waals surface area contributed by atoms with Crippen LogP contribution in [0.2, 0.25) is 0 Å². The van der Waals surface area contributed by atoms with Crippen molar-refractivity contribution in [3.63, 3.8) is 0 Å². The molecule has 1 aromatic carbocycles. The summed E-state index contributed by atoms with van der Waals surface area (Å²) in [4.78, 5) is 15.7. The van der Waals surface area contributed by atoms with Crippen LogP contribution in [-0.4, -0.2) is 71.8 Å². The number of nitrogen functional groups attached to an aromatic ring is 1. The second-order valence-corrected chi connectivity index (χ2v) is 12.5. The van der Waals surface area contributed by atoms with Gasteiger partial charge in [-0.2, -0.15) is 23.1 Å². The first kappa shape index (κ1) is 31.5. The lowest BCUT2D eigenvalue weighted by Crippen LogP contribution is -2.50. The number of rotatable bonds is 4. The van der Waals surface area contributed by atoms with Crippen LogP contribution in [0.25, 0.3) is 22.2 Å². The van der Waals surface area contributed by atoms with E-state index < -0.39 is 52.0 Å². The van der Waals surface area contributed by atoms with E-state index in [9.17, 15) is 17.6 Å². The van der Waals surface area contributed by atoms with Gasteiger partial charge in [-0.05, 0) is 77.7 Å². The first-order valence-corrected chi connectivity index (χ1v) is 15.4. The van der Waals surface area contributed by atoms with Crippen LogP contribution in [-0.2, 0) is 6.18 Å². The number of alkyl halides is 3. The number of nitrogens with two attached hydrogens (primary N) is 1. The summed E-state index contributed by atoms with van der Waals surface area (Å²) in [7, 11) is 2.12. The predicted octanol–water partition coefficient (Wildman–Crippen LogP) is 5.70. The van der Waals surface area contributed by atoms with Gasteiger partial charge in [-0.15, -0.1) is 0 Å². The normalized spacial score (nSPS) is 24.4. The first-order chi connectivity index (χ1) is 21.4. The van der Waals surface area contributed by atoms with Crippen LogP contribution in [0.1, 0.15) is 56.6 Å². The van der Waals surface area contributed by atoms with E-state index in [1.54, 1.807) is 6.92 Å². The summed E-state index contributed by atoms with van der Waals surface area (Å²) >= 11 is 0. The third-order valence-corrected chi connectivity index (χ3v) is 9.50. The molecule has 14 heteroatoms. The standard InChI is InChI=1S/C31H38F5N7O2/c1-16-7-10-38-11-12-39-27-21-26(41-29(42-27)44-15-30-8-4-6-20(30)43(3)13-5-9-30)24(33)25(40-28(21)45-16)18-14-19(37)23(32)17(2)22(18)31(34,35)36/h14,16,20,38H,4-13,15,37H2,1-3H3,(H,39,41,42). The maximum absolute atomic E-state index is 16.6. The largest absolute Gasteiger partial charge is 0.474 e. The Hall–Kier alpha value is -3.52. The number of anilines is 2. The number of fused-ring (bicyclic) bond motifs is 1. The Morgan fingerprint density at radius 3 is 2.64 bits per heavy atom. The topological polar surface area (TPSA) is 110 Å². The van der Waals surface area contributed by atoms with Gasteiger partial charge in [0.05, 0.1) is 24.0 Å². The number of pyridine rings is 1. The highest BCUT2D eigenvalue weighted by Crippen LogP contribution is 2.48. The summed E-state index contributed by atoms with van der Waals surface area (Å²) in [5.41, 5.74) is 1.21. The summed E-state index contributed by atoms with van der Waals surface area (Å²) < 4.78 is 86.7. The Bertz CT molecular complexity index is 1600. The molecule has 1 aliphatic carbocycles. The Balaban J connectivity index is 1.54. The molecule has 4 heterocycles. The van der Waals surface area contributed by atoms with Crippen molar-refractivity contribution in [2.24, 2.45) is 5.41 Å². The zero-order valence-electron chi connectivity index (χ0n) is 25.6.